The first kappa shape index (κ1) is 18.8. The van der Waals surface area contributed by atoms with E-state index in [1.807, 2.05) is 29.2 Å². The minimum Gasteiger partial charge on any atom is -0.376 e. The van der Waals surface area contributed by atoms with Gasteiger partial charge in [-0.25, -0.2) is 0 Å². The molecule has 1 aliphatic rings. The molecule has 0 atom stereocenters. The summed E-state index contributed by atoms with van der Waals surface area (Å²) in [4.78, 5) is 28.4. The second-order valence-corrected chi connectivity index (χ2v) is 6.16. The minimum atomic E-state index is -0.0347. The minimum absolute atomic E-state index is 0.0347. The van der Waals surface area contributed by atoms with Crippen molar-refractivity contribution in [1.29, 1.82) is 0 Å². The second-order valence-electron chi connectivity index (χ2n) is 6.16. The Hall–Kier alpha value is -2.56. The van der Waals surface area contributed by atoms with Crippen molar-refractivity contribution < 1.29 is 9.59 Å². The molecule has 134 valence electrons. The number of hydrogen-bond donors (Lipinski definition) is 1. The highest BCUT2D eigenvalue weighted by Gasteiger charge is 2.18. The summed E-state index contributed by atoms with van der Waals surface area (Å²) in [7, 11) is 0. The Labute approximate surface area is 150 Å². The Morgan fingerprint density at radius 1 is 1.12 bits per heavy atom. The highest BCUT2D eigenvalue weighted by atomic mass is 16.2. The van der Waals surface area contributed by atoms with Crippen LogP contribution in [0.5, 0.6) is 0 Å². The van der Waals surface area contributed by atoms with Gasteiger partial charge >= 0.3 is 0 Å². The van der Waals surface area contributed by atoms with E-state index in [-0.39, 0.29) is 18.4 Å². The summed E-state index contributed by atoms with van der Waals surface area (Å²) in [6.45, 7) is 10.1. The van der Waals surface area contributed by atoms with E-state index in [1.165, 1.54) is 6.42 Å². The summed E-state index contributed by atoms with van der Waals surface area (Å²) in [6, 6.07) is 7.35. The molecule has 1 heterocycles. The zero-order valence-corrected chi connectivity index (χ0v) is 14.7. The number of nitrogens with zero attached hydrogens (tertiary/aromatic N) is 2. The third-order valence-electron chi connectivity index (χ3n) is 4.25. The van der Waals surface area contributed by atoms with Gasteiger partial charge in [-0.15, -0.1) is 13.2 Å². The Kier molecular flexibility index (Phi) is 7.26. The van der Waals surface area contributed by atoms with Crippen molar-refractivity contribution in [3.05, 3.63) is 55.1 Å². The van der Waals surface area contributed by atoms with Crippen LogP contribution in [0.4, 0.5) is 5.69 Å². The van der Waals surface area contributed by atoms with Crippen LogP contribution in [-0.4, -0.2) is 54.3 Å². The lowest BCUT2D eigenvalue weighted by molar-refractivity contribution is -0.128. The van der Waals surface area contributed by atoms with E-state index in [0.29, 0.717) is 18.7 Å². The molecule has 25 heavy (non-hydrogen) atoms. The number of likely N-dealkylation sites (tertiary alicyclic amines) is 1. The number of rotatable bonds is 8. The molecular formula is C20H27N3O2. The highest BCUT2D eigenvalue weighted by Crippen LogP contribution is 2.16. The van der Waals surface area contributed by atoms with Crippen molar-refractivity contribution in [3.63, 3.8) is 0 Å². The second kappa shape index (κ2) is 9.67. The van der Waals surface area contributed by atoms with Crippen LogP contribution >= 0.6 is 0 Å². The fourth-order valence-corrected chi connectivity index (χ4v) is 2.92. The van der Waals surface area contributed by atoms with E-state index in [2.05, 4.69) is 18.5 Å². The van der Waals surface area contributed by atoms with Crippen LogP contribution in [-0.2, 0) is 4.79 Å². The summed E-state index contributed by atoms with van der Waals surface area (Å²) in [6.07, 6.45) is 6.72. The smallest absolute Gasteiger partial charge is 0.253 e. The maximum Gasteiger partial charge on any atom is 0.253 e. The van der Waals surface area contributed by atoms with Crippen molar-refractivity contribution in [2.45, 2.75) is 19.3 Å². The van der Waals surface area contributed by atoms with Gasteiger partial charge in [0.15, 0.2) is 0 Å². The molecule has 5 nitrogen and oxygen atoms in total. The quantitative estimate of drug-likeness (QED) is 0.740. The third-order valence-corrected chi connectivity index (χ3v) is 4.25. The molecule has 1 aromatic rings. The summed E-state index contributed by atoms with van der Waals surface area (Å²) in [5.74, 6) is 0.0298. The summed E-state index contributed by atoms with van der Waals surface area (Å²) in [5.41, 5.74) is 1.43. The molecule has 2 rings (SSSR count). The number of piperidine rings is 1. The van der Waals surface area contributed by atoms with Crippen LogP contribution in [0.2, 0.25) is 0 Å². The average molecular weight is 341 g/mol. The van der Waals surface area contributed by atoms with Gasteiger partial charge in [0.05, 0.1) is 6.54 Å². The molecular weight excluding hydrogens is 314 g/mol. The van der Waals surface area contributed by atoms with Crippen molar-refractivity contribution >= 4 is 17.5 Å². The van der Waals surface area contributed by atoms with Crippen molar-refractivity contribution in [2.75, 3.05) is 38.0 Å². The highest BCUT2D eigenvalue weighted by molar-refractivity contribution is 5.95. The maximum atomic E-state index is 12.6. The largest absolute Gasteiger partial charge is 0.376 e. The number of benzene rings is 1. The molecule has 1 saturated heterocycles. The zero-order valence-electron chi connectivity index (χ0n) is 14.7. The van der Waals surface area contributed by atoms with Gasteiger partial charge in [0.25, 0.3) is 5.91 Å². The average Bonchev–Trinajstić information content (AvgIpc) is 2.66. The standard InChI is InChI=1S/C20H27N3O2/c1-3-11-22(12-4-2)19(24)16-21-18-10-8-9-17(15-18)20(25)23-13-6-5-7-14-23/h3-4,8-10,15,21H,1-2,5-7,11-14,16H2. The number of amides is 2. The van der Waals surface area contributed by atoms with Gasteiger partial charge in [0, 0.05) is 37.4 Å². The molecule has 0 unspecified atom stereocenters. The number of carbonyl (C=O) groups is 2. The van der Waals surface area contributed by atoms with Crippen LogP contribution < -0.4 is 5.32 Å². The molecule has 0 radical (unpaired) electrons. The van der Waals surface area contributed by atoms with Gasteiger partial charge in [-0.1, -0.05) is 18.2 Å². The van der Waals surface area contributed by atoms with Crippen LogP contribution in [0.1, 0.15) is 29.6 Å². The van der Waals surface area contributed by atoms with Gasteiger partial charge in [-0.2, -0.15) is 0 Å². The van der Waals surface area contributed by atoms with Crippen LogP contribution in [0.3, 0.4) is 0 Å². The normalized spacial score (nSPS) is 13.8. The number of hydrogen-bond acceptors (Lipinski definition) is 3. The van der Waals surface area contributed by atoms with E-state index < -0.39 is 0 Å². The van der Waals surface area contributed by atoms with Gasteiger partial charge in [0.1, 0.15) is 0 Å². The predicted octanol–water partition coefficient (Wildman–Crippen LogP) is 2.93. The van der Waals surface area contributed by atoms with Crippen LogP contribution in [0.15, 0.2) is 49.6 Å². The molecule has 2 amide bonds. The molecule has 0 bridgehead atoms. The molecule has 1 aliphatic heterocycles. The van der Waals surface area contributed by atoms with E-state index in [4.69, 9.17) is 0 Å². The first-order valence-electron chi connectivity index (χ1n) is 8.78. The molecule has 0 aliphatic carbocycles. The number of carbonyl (C=O) groups excluding carboxylic acids is 2. The van der Waals surface area contributed by atoms with Gasteiger partial charge in [0.2, 0.25) is 5.91 Å². The molecule has 5 heteroatoms. The van der Waals surface area contributed by atoms with Crippen molar-refractivity contribution in [3.8, 4) is 0 Å². The number of nitrogens with one attached hydrogen (secondary N) is 1. The van der Waals surface area contributed by atoms with E-state index in [1.54, 1.807) is 17.1 Å². The monoisotopic (exact) mass is 341 g/mol. The summed E-state index contributed by atoms with van der Waals surface area (Å²) in [5, 5.41) is 3.11. The van der Waals surface area contributed by atoms with E-state index in [0.717, 1.165) is 31.6 Å². The van der Waals surface area contributed by atoms with Gasteiger partial charge in [-0.3, -0.25) is 9.59 Å². The third kappa shape index (κ3) is 5.48. The van der Waals surface area contributed by atoms with Crippen molar-refractivity contribution in [2.24, 2.45) is 0 Å². The maximum absolute atomic E-state index is 12.6. The fourth-order valence-electron chi connectivity index (χ4n) is 2.92. The Bertz CT molecular complexity index is 611. The molecule has 1 aromatic carbocycles. The lowest BCUT2D eigenvalue weighted by Gasteiger charge is -2.27. The molecule has 0 aromatic heterocycles. The van der Waals surface area contributed by atoms with E-state index >= 15 is 0 Å². The van der Waals surface area contributed by atoms with Gasteiger partial charge in [-0.05, 0) is 37.5 Å². The Morgan fingerprint density at radius 2 is 1.80 bits per heavy atom. The first-order valence-corrected chi connectivity index (χ1v) is 8.78. The molecule has 0 spiro atoms. The molecule has 1 N–H and O–H groups in total. The predicted molar refractivity (Wildman–Crippen MR) is 102 cm³/mol. The van der Waals surface area contributed by atoms with Crippen LogP contribution in [0, 0.1) is 0 Å². The Morgan fingerprint density at radius 3 is 2.44 bits per heavy atom. The zero-order chi connectivity index (χ0) is 18.1. The van der Waals surface area contributed by atoms with Crippen molar-refractivity contribution in [1.82, 2.24) is 9.80 Å². The van der Waals surface area contributed by atoms with Crippen LogP contribution in [0.25, 0.3) is 0 Å². The lowest BCUT2D eigenvalue weighted by Crippen LogP contribution is -2.36. The first-order chi connectivity index (χ1) is 12.2. The SMILES string of the molecule is C=CCN(CC=C)C(=O)CNc1cccc(C(=O)N2CCCCC2)c1. The Balaban J connectivity index is 1.96. The summed E-state index contributed by atoms with van der Waals surface area (Å²) >= 11 is 0. The van der Waals surface area contributed by atoms with E-state index in [9.17, 15) is 9.59 Å². The fraction of sp³-hybridized carbons (Fsp3) is 0.400. The topological polar surface area (TPSA) is 52.7 Å². The molecule has 0 saturated carbocycles. The van der Waals surface area contributed by atoms with Gasteiger partial charge < -0.3 is 15.1 Å². The molecule has 1 fully saturated rings. The number of anilines is 1. The summed E-state index contributed by atoms with van der Waals surface area (Å²) < 4.78 is 0. The lowest BCUT2D eigenvalue weighted by atomic mass is 10.1.